The maximum Gasteiger partial charge on any atom is 0.227 e. The molecule has 2 aliphatic heterocycles. The van der Waals surface area contributed by atoms with Gasteiger partial charge in [0.05, 0.1) is 18.8 Å². The largest absolute Gasteiger partial charge is 0.389 e. The number of hydrogen-bond acceptors (Lipinski definition) is 9. The van der Waals surface area contributed by atoms with Gasteiger partial charge in [0.2, 0.25) is 5.95 Å². The van der Waals surface area contributed by atoms with Crippen molar-refractivity contribution < 1.29 is 14.2 Å². The number of rotatable bonds is 6. The maximum atomic E-state index is 14.4. The summed E-state index contributed by atoms with van der Waals surface area (Å²) in [4.78, 5) is 22.1. The van der Waals surface area contributed by atoms with Crippen LogP contribution in [0.1, 0.15) is 31.7 Å². The predicted molar refractivity (Wildman–Crippen MR) is 130 cm³/mol. The number of anilines is 4. The van der Waals surface area contributed by atoms with E-state index in [1.165, 1.54) is 0 Å². The summed E-state index contributed by atoms with van der Waals surface area (Å²) in [6, 6.07) is 3.78. The van der Waals surface area contributed by atoms with Gasteiger partial charge in [0.1, 0.15) is 23.6 Å². The molecule has 34 heavy (non-hydrogen) atoms. The summed E-state index contributed by atoms with van der Waals surface area (Å²) in [5.41, 5.74) is 1.13. The molecule has 2 N–H and O–H groups in total. The number of nitrogens with zero attached hydrogens (tertiary/aromatic N) is 6. The first-order valence-electron chi connectivity index (χ1n) is 11.7. The lowest BCUT2D eigenvalue weighted by atomic mass is 9.98. The van der Waals surface area contributed by atoms with E-state index in [-0.39, 0.29) is 24.7 Å². The van der Waals surface area contributed by atoms with Crippen LogP contribution in [0.5, 0.6) is 0 Å². The van der Waals surface area contributed by atoms with Gasteiger partial charge in [-0.15, -0.1) is 0 Å². The highest BCUT2D eigenvalue weighted by Crippen LogP contribution is 2.34. The number of aliphatic hydroxyl groups excluding tert-OH is 1. The van der Waals surface area contributed by atoms with E-state index in [1.54, 1.807) is 19.4 Å². The lowest BCUT2D eigenvalue weighted by Crippen LogP contribution is -2.51. The van der Waals surface area contributed by atoms with E-state index in [1.807, 2.05) is 23.4 Å². The summed E-state index contributed by atoms with van der Waals surface area (Å²) < 4.78 is 19.6. The van der Waals surface area contributed by atoms with E-state index >= 15 is 0 Å². The standard InChI is InChI=1S/C24H30FN7O2/c1-14(2)17-9-28-23(32-11-15(33)12-32)18-10-27-22(8-16(17)18)29-21-4-6-26-24(30-21)31-7-5-20(34-3)19(25)13-31/h4,6,8-10,14-15,19-20,33H,5,7,11-13H2,1-3H3,(H,26,27,29,30)/t19-,20+/m1/s1. The zero-order valence-corrected chi connectivity index (χ0v) is 19.6. The first-order chi connectivity index (χ1) is 16.4. The SMILES string of the molecule is CO[C@H]1CCN(c2nccc(Nc3cc4c(C(C)C)cnc(N5CC(O)C5)c4cn3)n2)C[C@H]1F. The normalized spacial score (nSPS) is 21.2. The third-order valence-electron chi connectivity index (χ3n) is 6.53. The summed E-state index contributed by atoms with van der Waals surface area (Å²) in [5.74, 6) is 2.85. The van der Waals surface area contributed by atoms with Crippen LogP contribution in [-0.4, -0.2) is 76.7 Å². The van der Waals surface area contributed by atoms with Gasteiger partial charge < -0.3 is 25.0 Å². The number of aromatic nitrogens is 4. The van der Waals surface area contributed by atoms with Crippen LogP contribution < -0.4 is 15.1 Å². The molecule has 3 aromatic rings. The smallest absolute Gasteiger partial charge is 0.227 e. The van der Waals surface area contributed by atoms with Crippen molar-refractivity contribution >= 4 is 34.2 Å². The summed E-state index contributed by atoms with van der Waals surface area (Å²) in [5, 5.41) is 15.0. The van der Waals surface area contributed by atoms with Crippen molar-refractivity contribution in [2.24, 2.45) is 0 Å². The highest BCUT2D eigenvalue weighted by molar-refractivity contribution is 5.96. The van der Waals surface area contributed by atoms with E-state index in [0.29, 0.717) is 43.6 Å². The summed E-state index contributed by atoms with van der Waals surface area (Å²) >= 11 is 0. The lowest BCUT2D eigenvalue weighted by Gasteiger charge is -2.37. The van der Waals surface area contributed by atoms with Crippen molar-refractivity contribution in [3.05, 3.63) is 36.3 Å². The molecular weight excluding hydrogens is 437 g/mol. The van der Waals surface area contributed by atoms with Gasteiger partial charge in [-0.3, -0.25) is 0 Å². The van der Waals surface area contributed by atoms with E-state index in [2.05, 4.69) is 44.0 Å². The van der Waals surface area contributed by atoms with Crippen LogP contribution in [0.3, 0.4) is 0 Å². The Balaban J connectivity index is 1.41. The van der Waals surface area contributed by atoms with Crippen LogP contribution in [0.15, 0.2) is 30.7 Å². The molecule has 2 aliphatic rings. The van der Waals surface area contributed by atoms with Crippen molar-refractivity contribution in [3.8, 4) is 0 Å². The van der Waals surface area contributed by atoms with Crippen LogP contribution in [-0.2, 0) is 4.74 Å². The molecule has 2 saturated heterocycles. The molecule has 10 heteroatoms. The van der Waals surface area contributed by atoms with Crippen LogP contribution in [0, 0.1) is 0 Å². The number of aliphatic hydroxyl groups is 1. The Morgan fingerprint density at radius 1 is 1.09 bits per heavy atom. The fraction of sp³-hybridized carbons (Fsp3) is 0.500. The molecule has 0 bridgehead atoms. The summed E-state index contributed by atoms with van der Waals surface area (Å²) in [6.07, 6.45) is 4.22. The molecule has 0 spiro atoms. The van der Waals surface area contributed by atoms with Gasteiger partial charge in [0.25, 0.3) is 0 Å². The third kappa shape index (κ3) is 4.35. The fourth-order valence-corrected chi connectivity index (χ4v) is 4.58. The summed E-state index contributed by atoms with van der Waals surface area (Å²) in [7, 11) is 1.54. The molecule has 2 atom stereocenters. The number of piperidine rings is 1. The molecule has 3 aromatic heterocycles. The minimum atomic E-state index is -1.08. The van der Waals surface area contributed by atoms with Gasteiger partial charge in [-0.05, 0) is 35.4 Å². The molecule has 0 unspecified atom stereocenters. The molecule has 9 nitrogen and oxygen atoms in total. The number of halogens is 1. The summed E-state index contributed by atoms with van der Waals surface area (Å²) in [6.45, 7) is 6.27. The average molecular weight is 468 g/mol. The van der Waals surface area contributed by atoms with Gasteiger partial charge >= 0.3 is 0 Å². The van der Waals surface area contributed by atoms with Crippen molar-refractivity contribution in [1.82, 2.24) is 19.9 Å². The number of ether oxygens (including phenoxy) is 1. The van der Waals surface area contributed by atoms with Crippen molar-refractivity contribution in [2.45, 2.75) is 44.6 Å². The monoisotopic (exact) mass is 467 g/mol. The second-order valence-electron chi connectivity index (χ2n) is 9.26. The first-order valence-corrected chi connectivity index (χ1v) is 11.7. The Labute approximate surface area is 198 Å². The van der Waals surface area contributed by atoms with E-state index in [0.717, 1.165) is 22.2 Å². The van der Waals surface area contributed by atoms with Gasteiger partial charge in [0.15, 0.2) is 0 Å². The van der Waals surface area contributed by atoms with Crippen molar-refractivity contribution in [2.75, 3.05) is 48.4 Å². The highest BCUT2D eigenvalue weighted by Gasteiger charge is 2.30. The van der Waals surface area contributed by atoms with Crippen LogP contribution in [0.25, 0.3) is 10.8 Å². The maximum absolute atomic E-state index is 14.4. The van der Waals surface area contributed by atoms with Crippen molar-refractivity contribution in [3.63, 3.8) is 0 Å². The zero-order chi connectivity index (χ0) is 23.8. The molecule has 0 saturated carbocycles. The molecule has 0 amide bonds. The van der Waals surface area contributed by atoms with Crippen LogP contribution in [0.2, 0.25) is 0 Å². The number of nitrogens with one attached hydrogen (secondary N) is 1. The minimum absolute atomic E-state index is 0.203. The number of fused-ring (bicyclic) bond motifs is 1. The number of alkyl halides is 1. The van der Waals surface area contributed by atoms with E-state index in [4.69, 9.17) is 4.74 Å². The quantitative estimate of drug-likeness (QED) is 0.567. The van der Waals surface area contributed by atoms with E-state index < -0.39 is 6.17 Å². The van der Waals surface area contributed by atoms with Crippen molar-refractivity contribution in [1.29, 1.82) is 0 Å². The molecule has 5 heterocycles. The Morgan fingerprint density at radius 2 is 1.91 bits per heavy atom. The topological polar surface area (TPSA) is 99.5 Å². The highest BCUT2D eigenvalue weighted by atomic mass is 19.1. The molecule has 0 radical (unpaired) electrons. The van der Waals surface area contributed by atoms with Gasteiger partial charge in [-0.25, -0.2) is 19.3 Å². The Hall–Kier alpha value is -3.11. The number of pyridine rings is 2. The molecular formula is C24H30FN7O2. The zero-order valence-electron chi connectivity index (χ0n) is 19.6. The van der Waals surface area contributed by atoms with Gasteiger partial charge in [-0.1, -0.05) is 13.8 Å². The average Bonchev–Trinajstić information content (AvgIpc) is 2.81. The first kappa shape index (κ1) is 22.7. The Morgan fingerprint density at radius 3 is 2.62 bits per heavy atom. The fourth-order valence-electron chi connectivity index (χ4n) is 4.58. The molecule has 5 rings (SSSR count). The third-order valence-corrected chi connectivity index (χ3v) is 6.53. The lowest BCUT2D eigenvalue weighted by molar-refractivity contribution is 0.0194. The second kappa shape index (κ2) is 9.27. The molecule has 0 aliphatic carbocycles. The molecule has 2 fully saturated rings. The number of hydrogen-bond donors (Lipinski definition) is 2. The number of β-amino-alcohol motifs (C(OH)–C–C–N with tert-alkyl or cyclic N) is 1. The predicted octanol–water partition coefficient (Wildman–Crippen LogP) is 3.03. The minimum Gasteiger partial charge on any atom is -0.389 e. The molecule has 180 valence electrons. The second-order valence-corrected chi connectivity index (χ2v) is 9.26. The van der Waals surface area contributed by atoms with Gasteiger partial charge in [-0.2, -0.15) is 4.98 Å². The molecule has 0 aromatic carbocycles. The van der Waals surface area contributed by atoms with Crippen LogP contribution in [0.4, 0.5) is 27.8 Å². The number of methoxy groups -OCH3 is 1. The Kier molecular flexibility index (Phi) is 6.18. The van der Waals surface area contributed by atoms with E-state index in [9.17, 15) is 9.50 Å². The Bertz CT molecular complexity index is 1170. The van der Waals surface area contributed by atoms with Gasteiger partial charge in [0, 0.05) is 50.7 Å². The van der Waals surface area contributed by atoms with Crippen LogP contribution >= 0.6 is 0 Å².